The maximum absolute atomic E-state index is 12.9. The van der Waals surface area contributed by atoms with Crippen LogP contribution in [-0.2, 0) is 19.6 Å². The lowest BCUT2D eigenvalue weighted by Crippen LogP contribution is -2.43. The molecule has 1 N–H and O–H groups in total. The number of amides is 2. The van der Waals surface area contributed by atoms with Crippen molar-refractivity contribution in [2.75, 3.05) is 36.5 Å². The highest BCUT2D eigenvalue weighted by molar-refractivity contribution is 7.89. The third-order valence-electron chi connectivity index (χ3n) is 5.21. The predicted octanol–water partition coefficient (Wildman–Crippen LogP) is 2.14. The molecule has 0 unspecified atom stereocenters. The molecule has 158 valence electrons. The number of fused-ring (bicyclic) bond motifs is 1. The molecule has 2 aliphatic heterocycles. The van der Waals surface area contributed by atoms with Crippen LogP contribution in [0.5, 0.6) is 5.75 Å². The van der Waals surface area contributed by atoms with E-state index in [4.69, 9.17) is 4.74 Å². The molecule has 0 radical (unpaired) electrons. The number of aryl methyl sites for hydroxylation is 1. The van der Waals surface area contributed by atoms with Gasteiger partial charge in [0.15, 0.2) is 6.61 Å². The number of benzene rings is 2. The molecule has 1 fully saturated rings. The normalized spacial score (nSPS) is 16.8. The van der Waals surface area contributed by atoms with Crippen molar-refractivity contribution >= 4 is 33.2 Å². The van der Waals surface area contributed by atoms with Gasteiger partial charge in [0, 0.05) is 18.8 Å². The van der Waals surface area contributed by atoms with Crippen LogP contribution in [0.1, 0.15) is 18.4 Å². The first kappa shape index (κ1) is 20.4. The smallest absolute Gasteiger partial charge is 0.265 e. The summed E-state index contributed by atoms with van der Waals surface area (Å²) in [6, 6.07) is 11.7. The van der Waals surface area contributed by atoms with Gasteiger partial charge in [0.25, 0.3) is 5.91 Å². The summed E-state index contributed by atoms with van der Waals surface area (Å²) < 4.78 is 32.7. The molecule has 0 saturated carbocycles. The first-order valence-electron chi connectivity index (χ1n) is 9.78. The fraction of sp³-hybridized carbons (Fsp3) is 0.333. The molecule has 2 heterocycles. The number of sulfonamides is 1. The third-order valence-corrected chi connectivity index (χ3v) is 7.11. The van der Waals surface area contributed by atoms with Crippen LogP contribution in [-0.4, -0.2) is 50.8 Å². The van der Waals surface area contributed by atoms with Crippen LogP contribution in [0.2, 0.25) is 0 Å². The minimum atomic E-state index is -3.65. The van der Waals surface area contributed by atoms with Crippen LogP contribution in [0.4, 0.5) is 11.4 Å². The average molecular weight is 429 g/mol. The lowest BCUT2D eigenvalue weighted by molar-refractivity contribution is -0.123. The summed E-state index contributed by atoms with van der Waals surface area (Å²) in [4.78, 5) is 26.4. The van der Waals surface area contributed by atoms with Crippen LogP contribution in [0.15, 0.2) is 47.4 Å². The number of carbonyl (C=O) groups is 2. The van der Waals surface area contributed by atoms with Gasteiger partial charge >= 0.3 is 0 Å². The number of nitrogens with zero attached hydrogens (tertiary/aromatic N) is 2. The Morgan fingerprint density at radius 3 is 2.50 bits per heavy atom. The van der Waals surface area contributed by atoms with Crippen molar-refractivity contribution < 1.29 is 22.7 Å². The lowest BCUT2D eigenvalue weighted by Gasteiger charge is -2.29. The van der Waals surface area contributed by atoms with Gasteiger partial charge in [0.05, 0.1) is 10.6 Å². The monoisotopic (exact) mass is 429 g/mol. The van der Waals surface area contributed by atoms with E-state index in [-0.39, 0.29) is 29.6 Å². The SMILES string of the molecule is Cc1ccc(NC(=O)CN2C(=O)COc3ccc(S(=O)(=O)N4CCCC4)cc32)cc1. The number of rotatable bonds is 5. The predicted molar refractivity (Wildman–Crippen MR) is 112 cm³/mol. The summed E-state index contributed by atoms with van der Waals surface area (Å²) in [5, 5.41) is 2.76. The molecule has 0 spiro atoms. The molecule has 0 aliphatic carbocycles. The molecule has 0 bridgehead atoms. The second kappa shape index (κ2) is 8.08. The molecular formula is C21H23N3O5S. The number of nitrogens with one attached hydrogen (secondary N) is 1. The van der Waals surface area contributed by atoms with Crippen LogP contribution in [0, 0.1) is 6.92 Å². The van der Waals surface area contributed by atoms with Crippen LogP contribution >= 0.6 is 0 Å². The van der Waals surface area contributed by atoms with Gasteiger partial charge in [0.1, 0.15) is 12.3 Å². The van der Waals surface area contributed by atoms with Gasteiger partial charge in [-0.1, -0.05) is 17.7 Å². The third kappa shape index (κ3) is 4.03. The second-order valence-corrected chi connectivity index (χ2v) is 9.36. The van der Waals surface area contributed by atoms with E-state index in [1.54, 1.807) is 12.1 Å². The molecule has 2 aromatic carbocycles. The number of anilines is 2. The molecular weight excluding hydrogens is 406 g/mol. The Labute approximate surface area is 175 Å². The van der Waals surface area contributed by atoms with Crippen LogP contribution in [0.3, 0.4) is 0 Å². The van der Waals surface area contributed by atoms with Crippen molar-refractivity contribution in [3.05, 3.63) is 48.0 Å². The van der Waals surface area contributed by atoms with Crippen molar-refractivity contribution in [2.45, 2.75) is 24.7 Å². The van der Waals surface area contributed by atoms with Gasteiger partial charge in [-0.25, -0.2) is 8.42 Å². The quantitative estimate of drug-likeness (QED) is 0.786. The summed E-state index contributed by atoms with van der Waals surface area (Å²) in [5.41, 5.74) is 1.97. The van der Waals surface area contributed by atoms with Gasteiger partial charge in [-0.05, 0) is 50.1 Å². The van der Waals surface area contributed by atoms with Gasteiger partial charge in [-0.2, -0.15) is 4.31 Å². The van der Waals surface area contributed by atoms with E-state index < -0.39 is 15.9 Å². The Morgan fingerprint density at radius 2 is 1.80 bits per heavy atom. The molecule has 4 rings (SSSR count). The highest BCUT2D eigenvalue weighted by Crippen LogP contribution is 2.35. The molecule has 9 heteroatoms. The summed E-state index contributed by atoms with van der Waals surface area (Å²) in [5.74, 6) is -0.414. The van der Waals surface area contributed by atoms with Crippen molar-refractivity contribution in [1.29, 1.82) is 0 Å². The fourth-order valence-corrected chi connectivity index (χ4v) is 5.11. The highest BCUT2D eigenvalue weighted by atomic mass is 32.2. The molecule has 0 atom stereocenters. The molecule has 2 aliphatic rings. The number of hydrogen-bond acceptors (Lipinski definition) is 5. The van der Waals surface area contributed by atoms with E-state index in [1.807, 2.05) is 19.1 Å². The van der Waals surface area contributed by atoms with Gasteiger partial charge in [-0.15, -0.1) is 0 Å². The van der Waals surface area contributed by atoms with E-state index in [0.717, 1.165) is 18.4 Å². The Balaban J connectivity index is 1.58. The lowest BCUT2D eigenvalue weighted by atomic mass is 10.2. The van der Waals surface area contributed by atoms with E-state index >= 15 is 0 Å². The highest BCUT2D eigenvalue weighted by Gasteiger charge is 2.32. The minimum Gasteiger partial charge on any atom is -0.482 e. The molecule has 30 heavy (non-hydrogen) atoms. The Morgan fingerprint density at radius 1 is 1.10 bits per heavy atom. The molecule has 8 nitrogen and oxygen atoms in total. The fourth-order valence-electron chi connectivity index (χ4n) is 3.57. The number of hydrogen-bond donors (Lipinski definition) is 1. The zero-order chi connectivity index (χ0) is 21.3. The number of carbonyl (C=O) groups excluding carboxylic acids is 2. The first-order valence-corrected chi connectivity index (χ1v) is 11.2. The Bertz CT molecular complexity index is 1080. The summed E-state index contributed by atoms with van der Waals surface area (Å²) in [6.07, 6.45) is 1.66. The van der Waals surface area contributed by atoms with E-state index in [1.165, 1.54) is 27.4 Å². The zero-order valence-electron chi connectivity index (χ0n) is 16.6. The first-order chi connectivity index (χ1) is 14.3. The van der Waals surface area contributed by atoms with Crippen molar-refractivity contribution in [1.82, 2.24) is 4.31 Å². The van der Waals surface area contributed by atoms with Gasteiger partial charge < -0.3 is 10.1 Å². The molecule has 2 aromatic rings. The van der Waals surface area contributed by atoms with E-state index in [2.05, 4.69) is 5.32 Å². The van der Waals surface area contributed by atoms with Crippen molar-refractivity contribution in [3.8, 4) is 5.75 Å². The van der Waals surface area contributed by atoms with Gasteiger partial charge in [-0.3, -0.25) is 14.5 Å². The Kier molecular flexibility index (Phi) is 5.48. The molecule has 2 amide bonds. The maximum atomic E-state index is 12.9. The zero-order valence-corrected chi connectivity index (χ0v) is 17.4. The van der Waals surface area contributed by atoms with E-state index in [9.17, 15) is 18.0 Å². The summed E-state index contributed by atoms with van der Waals surface area (Å²) in [7, 11) is -3.65. The Hall–Kier alpha value is -2.91. The van der Waals surface area contributed by atoms with Crippen LogP contribution in [0.25, 0.3) is 0 Å². The maximum Gasteiger partial charge on any atom is 0.265 e. The van der Waals surface area contributed by atoms with Crippen molar-refractivity contribution in [2.24, 2.45) is 0 Å². The average Bonchev–Trinajstić information content (AvgIpc) is 3.27. The topological polar surface area (TPSA) is 96.0 Å². The summed E-state index contributed by atoms with van der Waals surface area (Å²) in [6.45, 7) is 2.47. The summed E-state index contributed by atoms with van der Waals surface area (Å²) >= 11 is 0. The van der Waals surface area contributed by atoms with Gasteiger partial charge in [0.2, 0.25) is 15.9 Å². The second-order valence-electron chi connectivity index (χ2n) is 7.42. The van der Waals surface area contributed by atoms with Crippen molar-refractivity contribution in [3.63, 3.8) is 0 Å². The largest absolute Gasteiger partial charge is 0.482 e. The molecule has 0 aromatic heterocycles. The standard InChI is InChI=1S/C21H23N3O5S/c1-15-4-6-16(7-5-15)22-20(25)13-24-18-12-17(8-9-19(18)29-14-21(24)26)30(27,28)23-10-2-3-11-23/h4-9,12H,2-3,10-11,13-14H2,1H3,(H,22,25). The van der Waals surface area contributed by atoms with Crippen LogP contribution < -0.4 is 15.0 Å². The molecule has 1 saturated heterocycles. The number of ether oxygens (including phenoxy) is 1. The minimum absolute atomic E-state index is 0.0883. The van der Waals surface area contributed by atoms with E-state index in [0.29, 0.717) is 24.5 Å².